The number of halogens is 3. The Hall–Kier alpha value is -1.57. The third-order valence-corrected chi connectivity index (χ3v) is 4.11. The molecule has 2 heterocycles. The monoisotopic (exact) mass is 292 g/mol. The first kappa shape index (κ1) is 13.9. The van der Waals surface area contributed by atoms with Crippen LogP contribution in [-0.2, 0) is 29.8 Å². The number of alkyl halides is 3. The van der Waals surface area contributed by atoms with E-state index in [1.807, 2.05) is 0 Å². The summed E-state index contributed by atoms with van der Waals surface area (Å²) < 4.78 is 56.3. The van der Waals surface area contributed by atoms with Crippen molar-refractivity contribution in [3.8, 4) is 0 Å². The van der Waals surface area contributed by atoms with Gasteiger partial charge in [-0.05, 0) is 13.0 Å². The van der Waals surface area contributed by atoms with Crippen molar-refractivity contribution in [2.75, 3.05) is 0 Å². The molecular weight excluding hydrogens is 281 g/mol. The first-order chi connectivity index (χ1) is 8.80. The van der Waals surface area contributed by atoms with Crippen molar-refractivity contribution in [3.63, 3.8) is 0 Å². The average Bonchev–Trinajstić information content (AvgIpc) is 2.84. The molecule has 0 unspecified atom stereocenters. The van der Waals surface area contributed by atoms with Crippen LogP contribution in [0.1, 0.15) is 17.0 Å². The SMILES string of the molecule is Cc1occc1[S@@](=O)Cc1cnn(C)c1C(F)(F)F. The van der Waals surface area contributed by atoms with Crippen LogP contribution in [0.25, 0.3) is 0 Å². The zero-order valence-electron chi connectivity index (χ0n) is 10.2. The lowest BCUT2D eigenvalue weighted by molar-refractivity contribution is -0.144. The van der Waals surface area contributed by atoms with E-state index in [1.165, 1.54) is 19.4 Å². The third-order valence-electron chi connectivity index (χ3n) is 2.63. The summed E-state index contributed by atoms with van der Waals surface area (Å²) in [5, 5.41) is 3.58. The lowest BCUT2D eigenvalue weighted by Crippen LogP contribution is -2.15. The highest BCUT2D eigenvalue weighted by atomic mass is 32.2. The fraction of sp³-hybridized carbons (Fsp3) is 0.364. The van der Waals surface area contributed by atoms with Crippen molar-refractivity contribution >= 4 is 10.8 Å². The van der Waals surface area contributed by atoms with Gasteiger partial charge in [-0.3, -0.25) is 8.89 Å². The molecule has 2 rings (SSSR count). The van der Waals surface area contributed by atoms with Gasteiger partial charge in [0.05, 0.1) is 33.9 Å². The Kier molecular flexibility index (Phi) is 3.53. The van der Waals surface area contributed by atoms with Gasteiger partial charge in [-0.25, -0.2) is 0 Å². The van der Waals surface area contributed by atoms with Crippen LogP contribution in [-0.4, -0.2) is 14.0 Å². The van der Waals surface area contributed by atoms with Crippen LogP contribution < -0.4 is 0 Å². The predicted molar refractivity (Wildman–Crippen MR) is 61.8 cm³/mol. The Bertz CT molecular complexity index is 616. The first-order valence-corrected chi connectivity index (χ1v) is 6.63. The molecule has 0 saturated carbocycles. The smallest absolute Gasteiger partial charge is 0.433 e. The summed E-state index contributed by atoms with van der Waals surface area (Å²) in [6.45, 7) is 1.61. The molecule has 0 aliphatic heterocycles. The maximum Gasteiger partial charge on any atom is 0.433 e. The van der Waals surface area contributed by atoms with E-state index in [2.05, 4.69) is 5.10 Å². The fourth-order valence-electron chi connectivity index (χ4n) is 1.78. The largest absolute Gasteiger partial charge is 0.468 e. The molecule has 0 bridgehead atoms. The van der Waals surface area contributed by atoms with Crippen LogP contribution in [0.15, 0.2) is 27.8 Å². The van der Waals surface area contributed by atoms with E-state index < -0.39 is 22.7 Å². The summed E-state index contributed by atoms with van der Waals surface area (Å²) in [6.07, 6.45) is -2.07. The maximum absolute atomic E-state index is 12.8. The Morgan fingerprint density at radius 1 is 1.47 bits per heavy atom. The number of nitrogens with zero attached hydrogens (tertiary/aromatic N) is 2. The minimum Gasteiger partial charge on any atom is -0.468 e. The number of rotatable bonds is 3. The molecule has 8 heteroatoms. The molecule has 0 amide bonds. The van der Waals surface area contributed by atoms with Gasteiger partial charge in [0.1, 0.15) is 11.5 Å². The Morgan fingerprint density at radius 2 is 2.16 bits per heavy atom. The molecule has 19 heavy (non-hydrogen) atoms. The Labute approximate surface area is 109 Å². The van der Waals surface area contributed by atoms with Gasteiger partial charge in [-0.15, -0.1) is 0 Å². The molecule has 1 atom stereocenters. The zero-order chi connectivity index (χ0) is 14.2. The van der Waals surface area contributed by atoms with Crippen LogP contribution in [0.3, 0.4) is 0 Å². The second-order valence-electron chi connectivity index (χ2n) is 3.97. The van der Waals surface area contributed by atoms with E-state index in [4.69, 9.17) is 4.42 Å². The molecular formula is C11H11F3N2O2S. The van der Waals surface area contributed by atoms with Crippen molar-refractivity contribution in [2.45, 2.75) is 23.7 Å². The highest BCUT2D eigenvalue weighted by molar-refractivity contribution is 7.84. The summed E-state index contributed by atoms with van der Waals surface area (Å²) in [5.41, 5.74) is -0.962. The molecule has 2 aromatic heterocycles. The number of furan rings is 1. The van der Waals surface area contributed by atoms with E-state index in [9.17, 15) is 17.4 Å². The van der Waals surface area contributed by atoms with Crippen LogP contribution >= 0.6 is 0 Å². The molecule has 0 aliphatic rings. The molecule has 4 nitrogen and oxygen atoms in total. The average molecular weight is 292 g/mol. The van der Waals surface area contributed by atoms with Crippen LogP contribution in [0.2, 0.25) is 0 Å². The van der Waals surface area contributed by atoms with Gasteiger partial charge in [0.2, 0.25) is 0 Å². The Balaban J connectivity index is 2.31. The molecule has 0 N–H and O–H groups in total. The lowest BCUT2D eigenvalue weighted by atomic mass is 10.3. The number of aryl methyl sites for hydroxylation is 2. The quantitative estimate of drug-likeness (QED) is 0.873. The van der Waals surface area contributed by atoms with Crippen LogP contribution in [0.5, 0.6) is 0 Å². The summed E-state index contributed by atoms with van der Waals surface area (Å²) >= 11 is 0. The maximum atomic E-state index is 12.8. The van der Waals surface area contributed by atoms with E-state index in [-0.39, 0.29) is 11.3 Å². The fourth-order valence-corrected chi connectivity index (χ4v) is 3.01. The molecule has 0 radical (unpaired) electrons. The molecule has 0 aromatic carbocycles. The van der Waals surface area contributed by atoms with Gasteiger partial charge < -0.3 is 4.42 Å². The van der Waals surface area contributed by atoms with Gasteiger partial charge in [0.25, 0.3) is 0 Å². The van der Waals surface area contributed by atoms with Crippen molar-refractivity contribution in [1.82, 2.24) is 9.78 Å². The minimum absolute atomic E-state index is 0.0890. The third kappa shape index (κ3) is 2.73. The van der Waals surface area contributed by atoms with Crippen molar-refractivity contribution in [1.29, 1.82) is 0 Å². The van der Waals surface area contributed by atoms with E-state index in [0.29, 0.717) is 10.7 Å². The zero-order valence-corrected chi connectivity index (χ0v) is 11.0. The molecule has 0 spiro atoms. The first-order valence-electron chi connectivity index (χ1n) is 5.31. The Morgan fingerprint density at radius 3 is 2.68 bits per heavy atom. The van der Waals surface area contributed by atoms with E-state index >= 15 is 0 Å². The van der Waals surface area contributed by atoms with Gasteiger partial charge in [-0.2, -0.15) is 18.3 Å². The number of hydrogen-bond donors (Lipinski definition) is 0. The summed E-state index contributed by atoms with van der Waals surface area (Å²) in [7, 11) is -0.387. The summed E-state index contributed by atoms with van der Waals surface area (Å²) in [5.74, 6) is 0.194. The van der Waals surface area contributed by atoms with E-state index in [0.717, 1.165) is 10.9 Å². The predicted octanol–water partition coefficient (Wildman–Crippen LogP) is 2.65. The van der Waals surface area contributed by atoms with E-state index in [1.54, 1.807) is 6.92 Å². The lowest BCUT2D eigenvalue weighted by Gasteiger charge is -2.09. The van der Waals surface area contributed by atoms with Crippen molar-refractivity contribution in [2.24, 2.45) is 7.05 Å². The van der Waals surface area contributed by atoms with Crippen LogP contribution in [0.4, 0.5) is 13.2 Å². The van der Waals surface area contributed by atoms with Gasteiger partial charge in [0.15, 0.2) is 0 Å². The minimum atomic E-state index is -4.52. The normalized spacial score (nSPS) is 13.7. The van der Waals surface area contributed by atoms with Crippen LogP contribution in [0, 0.1) is 6.92 Å². The van der Waals surface area contributed by atoms with Gasteiger partial charge >= 0.3 is 6.18 Å². The number of hydrogen-bond acceptors (Lipinski definition) is 3. The molecule has 0 saturated heterocycles. The second kappa shape index (κ2) is 4.84. The topological polar surface area (TPSA) is 48.0 Å². The molecule has 0 fully saturated rings. The summed E-state index contributed by atoms with van der Waals surface area (Å²) in [4.78, 5) is 0.400. The van der Waals surface area contributed by atoms with Crippen molar-refractivity contribution < 1.29 is 21.8 Å². The molecule has 0 aliphatic carbocycles. The van der Waals surface area contributed by atoms with Gasteiger partial charge in [-0.1, -0.05) is 0 Å². The summed E-state index contributed by atoms with van der Waals surface area (Å²) in [6, 6.07) is 1.50. The number of aromatic nitrogens is 2. The molecule has 2 aromatic rings. The highest BCUT2D eigenvalue weighted by Crippen LogP contribution is 2.32. The molecule has 104 valence electrons. The van der Waals surface area contributed by atoms with Gasteiger partial charge in [0, 0.05) is 12.6 Å². The highest BCUT2D eigenvalue weighted by Gasteiger charge is 2.37. The standard InChI is InChI=1S/C11H11F3N2O2S/c1-7-9(3-4-18-7)19(17)6-8-5-15-16(2)10(8)11(12,13)14/h3-5H,6H2,1-2H3/t19-/m0/s1. The van der Waals surface area contributed by atoms with Crippen molar-refractivity contribution in [3.05, 3.63) is 35.5 Å². The second-order valence-corrected chi connectivity index (χ2v) is 5.39.